The molecule has 4 fully saturated rings. The van der Waals surface area contributed by atoms with E-state index in [1.807, 2.05) is 0 Å². The number of aliphatic hydroxyl groups excluding tert-OH is 1. The smallest absolute Gasteiger partial charge is 0.305 e. The van der Waals surface area contributed by atoms with E-state index in [9.17, 15) is 9.90 Å². The number of para-hydroxylation sites is 1. The fourth-order valence-electron chi connectivity index (χ4n) is 10.1. The summed E-state index contributed by atoms with van der Waals surface area (Å²) < 4.78 is 4.92. The van der Waals surface area contributed by atoms with E-state index >= 15 is 0 Å². The molecule has 0 bridgehead atoms. The first-order chi connectivity index (χ1) is 18.3. The Balaban J connectivity index is 1.19. The molecule has 0 spiro atoms. The van der Waals surface area contributed by atoms with Gasteiger partial charge in [-0.2, -0.15) is 0 Å². The van der Waals surface area contributed by atoms with Gasteiger partial charge in [0.05, 0.1) is 13.2 Å². The zero-order valence-electron chi connectivity index (χ0n) is 24.3. The second-order valence-electron chi connectivity index (χ2n) is 13.8. The van der Waals surface area contributed by atoms with Gasteiger partial charge in [-0.3, -0.25) is 4.79 Å². The molecule has 10 atom stereocenters. The molecule has 0 saturated heterocycles. The summed E-state index contributed by atoms with van der Waals surface area (Å²) in [4.78, 5) is 11.8. The molecule has 4 aliphatic carbocycles. The van der Waals surface area contributed by atoms with Crippen molar-refractivity contribution in [2.75, 3.05) is 25.5 Å². The Morgan fingerprint density at radius 3 is 2.50 bits per heavy atom. The molecule has 1 aromatic carbocycles. The first-order valence-corrected chi connectivity index (χ1v) is 15.5. The summed E-state index contributed by atoms with van der Waals surface area (Å²) in [6, 6.07) is 10.9. The van der Waals surface area contributed by atoms with Gasteiger partial charge in [0, 0.05) is 31.2 Å². The molecule has 0 radical (unpaired) electrons. The molecule has 5 rings (SSSR count). The van der Waals surface area contributed by atoms with Crippen molar-refractivity contribution in [3.63, 3.8) is 0 Å². The van der Waals surface area contributed by atoms with Crippen LogP contribution in [0.25, 0.3) is 0 Å². The molecule has 3 N–H and O–H groups in total. The predicted octanol–water partition coefficient (Wildman–Crippen LogP) is 6.28. The first-order valence-electron chi connectivity index (χ1n) is 15.5. The van der Waals surface area contributed by atoms with Crippen molar-refractivity contribution < 1.29 is 14.6 Å². The van der Waals surface area contributed by atoms with Crippen LogP contribution in [0.15, 0.2) is 30.3 Å². The third-order valence-corrected chi connectivity index (χ3v) is 12.1. The third kappa shape index (κ3) is 5.27. The summed E-state index contributed by atoms with van der Waals surface area (Å²) in [7, 11) is 1.50. The van der Waals surface area contributed by atoms with Gasteiger partial charge in [-0.25, -0.2) is 0 Å². The van der Waals surface area contributed by atoms with Crippen LogP contribution in [-0.2, 0) is 9.53 Å². The van der Waals surface area contributed by atoms with E-state index in [1.165, 1.54) is 51.3 Å². The summed E-state index contributed by atoms with van der Waals surface area (Å²) in [5, 5.41) is 18.9. The highest BCUT2D eigenvalue weighted by atomic mass is 16.5. The van der Waals surface area contributed by atoms with Crippen molar-refractivity contribution >= 4 is 11.7 Å². The molecule has 4 aliphatic rings. The van der Waals surface area contributed by atoms with E-state index in [-0.39, 0.29) is 17.5 Å². The monoisotopic (exact) mass is 524 g/mol. The highest BCUT2D eigenvalue weighted by Crippen LogP contribution is 2.68. The number of hydrogen-bond donors (Lipinski definition) is 3. The largest absolute Gasteiger partial charge is 0.469 e. The van der Waals surface area contributed by atoms with Crippen molar-refractivity contribution in [3.8, 4) is 0 Å². The van der Waals surface area contributed by atoms with Crippen LogP contribution in [0.4, 0.5) is 5.69 Å². The van der Waals surface area contributed by atoms with Crippen molar-refractivity contribution in [2.45, 2.75) is 97.1 Å². The molecule has 3 unspecified atom stereocenters. The molecule has 5 nitrogen and oxygen atoms in total. The molecule has 212 valence electrons. The second kappa shape index (κ2) is 11.5. The lowest BCUT2D eigenvalue weighted by Gasteiger charge is -2.62. The van der Waals surface area contributed by atoms with Crippen LogP contribution >= 0.6 is 0 Å². The SMILES string of the molecule is COC(=O)CC[C@@H](C)[C@H]1CCC2C3C[C@@H](O)[C@H]4C[C@@H](NCCNc5ccccc5)CC[C@]4(C)C3CC[C@@]21C. The molecule has 38 heavy (non-hydrogen) atoms. The minimum absolute atomic E-state index is 0.0767. The Labute approximate surface area is 230 Å². The lowest BCUT2D eigenvalue weighted by Crippen LogP contribution is -2.59. The Bertz CT molecular complexity index is 939. The molecular formula is C33H52N2O3. The standard InChI is InChI=1S/C33H52N2O3/c1-22(10-13-31(37)38-4)26-11-12-27-25-21-30(36)29-20-24(35-19-18-34-23-8-6-5-7-9-23)14-16-33(29,3)28(25)15-17-32(26,27)2/h5-9,22,24-30,34-36H,10-21H2,1-4H3/t22-,24+,25?,26-,27?,28?,29-,30-,32-,33-/m1/s1. The molecule has 1 aromatic rings. The van der Waals surface area contributed by atoms with E-state index in [2.05, 4.69) is 61.7 Å². The van der Waals surface area contributed by atoms with E-state index < -0.39 is 0 Å². The number of hydrogen-bond acceptors (Lipinski definition) is 5. The predicted molar refractivity (Wildman–Crippen MR) is 154 cm³/mol. The fourth-order valence-corrected chi connectivity index (χ4v) is 10.1. The zero-order valence-corrected chi connectivity index (χ0v) is 24.3. The van der Waals surface area contributed by atoms with Crippen molar-refractivity contribution in [2.24, 2.45) is 46.3 Å². The minimum atomic E-state index is -0.175. The topological polar surface area (TPSA) is 70.6 Å². The fraction of sp³-hybridized carbons (Fsp3) is 0.788. The average Bonchev–Trinajstić information content (AvgIpc) is 3.28. The van der Waals surface area contributed by atoms with Crippen molar-refractivity contribution in [3.05, 3.63) is 30.3 Å². The van der Waals surface area contributed by atoms with Gasteiger partial charge in [-0.15, -0.1) is 0 Å². The Morgan fingerprint density at radius 1 is 1.00 bits per heavy atom. The summed E-state index contributed by atoms with van der Waals surface area (Å²) >= 11 is 0. The van der Waals surface area contributed by atoms with Gasteiger partial charge < -0.3 is 20.5 Å². The number of rotatable bonds is 9. The number of esters is 1. The van der Waals surface area contributed by atoms with Gasteiger partial charge in [0.15, 0.2) is 0 Å². The molecule has 0 aliphatic heterocycles. The van der Waals surface area contributed by atoms with Crippen LogP contribution in [0.5, 0.6) is 0 Å². The normalized spacial score (nSPS) is 40.9. The summed E-state index contributed by atoms with van der Waals surface area (Å²) in [5.74, 6) is 3.70. The molecular weight excluding hydrogens is 472 g/mol. The first kappa shape index (κ1) is 28.0. The summed E-state index contributed by atoms with van der Waals surface area (Å²) in [6.07, 6.45) is 11.1. The minimum Gasteiger partial charge on any atom is -0.469 e. The summed E-state index contributed by atoms with van der Waals surface area (Å²) in [5.41, 5.74) is 1.79. The molecule has 0 heterocycles. The van der Waals surface area contributed by atoms with Crippen LogP contribution in [0.1, 0.15) is 85.0 Å². The maximum Gasteiger partial charge on any atom is 0.305 e. The Morgan fingerprint density at radius 2 is 1.74 bits per heavy atom. The Kier molecular flexibility index (Phi) is 8.45. The Hall–Kier alpha value is -1.59. The van der Waals surface area contributed by atoms with Crippen LogP contribution < -0.4 is 10.6 Å². The zero-order chi connectivity index (χ0) is 26.9. The number of ether oxygens (including phenoxy) is 1. The quantitative estimate of drug-likeness (QED) is 0.262. The van der Waals surface area contributed by atoms with Gasteiger partial charge in [0.2, 0.25) is 0 Å². The van der Waals surface area contributed by atoms with Crippen LogP contribution in [0, 0.1) is 46.3 Å². The lowest BCUT2D eigenvalue weighted by molar-refractivity contribution is -0.162. The van der Waals surface area contributed by atoms with E-state index in [1.54, 1.807) is 0 Å². The number of fused-ring (bicyclic) bond motifs is 5. The number of carbonyl (C=O) groups excluding carboxylic acids is 1. The highest BCUT2D eigenvalue weighted by molar-refractivity contribution is 5.69. The summed E-state index contributed by atoms with van der Waals surface area (Å²) in [6.45, 7) is 9.35. The van der Waals surface area contributed by atoms with Crippen molar-refractivity contribution in [1.29, 1.82) is 0 Å². The molecule has 0 amide bonds. The second-order valence-corrected chi connectivity index (χ2v) is 13.8. The van der Waals surface area contributed by atoms with Crippen LogP contribution in [-0.4, -0.2) is 43.4 Å². The van der Waals surface area contributed by atoms with Crippen molar-refractivity contribution in [1.82, 2.24) is 5.32 Å². The number of methoxy groups -OCH3 is 1. The number of carbonyl (C=O) groups is 1. The number of aliphatic hydroxyl groups is 1. The number of nitrogens with one attached hydrogen (secondary N) is 2. The van der Waals surface area contributed by atoms with Gasteiger partial charge in [0.1, 0.15) is 0 Å². The van der Waals surface area contributed by atoms with E-state index in [0.717, 1.165) is 44.2 Å². The van der Waals surface area contributed by atoms with Crippen LogP contribution in [0.2, 0.25) is 0 Å². The van der Waals surface area contributed by atoms with E-state index in [4.69, 9.17) is 4.74 Å². The molecule has 5 heteroatoms. The van der Waals surface area contributed by atoms with Gasteiger partial charge in [-0.05, 0) is 116 Å². The maximum absolute atomic E-state index is 11.8. The number of anilines is 1. The number of benzene rings is 1. The maximum atomic E-state index is 11.8. The van der Waals surface area contributed by atoms with E-state index in [0.29, 0.717) is 41.5 Å². The third-order valence-electron chi connectivity index (χ3n) is 12.1. The van der Waals surface area contributed by atoms with Crippen LogP contribution in [0.3, 0.4) is 0 Å². The highest BCUT2D eigenvalue weighted by Gasteiger charge is 2.62. The van der Waals surface area contributed by atoms with Gasteiger partial charge >= 0.3 is 5.97 Å². The van der Waals surface area contributed by atoms with Gasteiger partial charge in [0.25, 0.3) is 0 Å². The van der Waals surface area contributed by atoms with Gasteiger partial charge in [-0.1, -0.05) is 39.0 Å². The average molecular weight is 525 g/mol. The molecule has 4 saturated carbocycles. The molecule has 0 aromatic heterocycles. The lowest BCUT2D eigenvalue weighted by atomic mass is 9.43.